The molecule has 2 heteroatoms. The fraction of sp³-hybridized carbons (Fsp3) is 0.300. The van der Waals surface area contributed by atoms with Gasteiger partial charge in [0, 0.05) is 19.3 Å². The Morgan fingerprint density at radius 3 is 2.92 bits per heavy atom. The molecular formula is C10H12N2. The van der Waals surface area contributed by atoms with Crippen molar-refractivity contribution in [3.8, 4) is 0 Å². The molecule has 62 valence electrons. The fourth-order valence-corrected chi connectivity index (χ4v) is 1.42. The molecule has 0 aromatic carbocycles. The van der Waals surface area contributed by atoms with Gasteiger partial charge in [-0.15, -0.1) is 0 Å². The Morgan fingerprint density at radius 2 is 2.33 bits per heavy atom. The number of rotatable bonds is 1. The lowest BCUT2D eigenvalue weighted by molar-refractivity contribution is 0.438. The minimum atomic E-state index is 1.02. The monoisotopic (exact) mass is 160 g/mol. The molecule has 0 N–H and O–H groups in total. The van der Waals surface area contributed by atoms with Gasteiger partial charge in [0.15, 0.2) is 0 Å². The van der Waals surface area contributed by atoms with Crippen LogP contribution in [-0.4, -0.2) is 30.0 Å². The summed E-state index contributed by atoms with van der Waals surface area (Å²) in [7, 11) is 2.12. The summed E-state index contributed by atoms with van der Waals surface area (Å²) in [6.45, 7) is 2.07. The molecule has 1 aliphatic rings. The van der Waals surface area contributed by atoms with Gasteiger partial charge in [-0.25, -0.2) is 0 Å². The molecule has 2 heterocycles. The molecule has 0 unspecified atom stereocenters. The summed E-state index contributed by atoms with van der Waals surface area (Å²) in [6, 6.07) is 6.04. The molecule has 1 aromatic heterocycles. The third kappa shape index (κ3) is 1.38. The van der Waals surface area contributed by atoms with Gasteiger partial charge in [0.05, 0.1) is 5.69 Å². The zero-order valence-electron chi connectivity index (χ0n) is 7.20. The van der Waals surface area contributed by atoms with Crippen molar-refractivity contribution in [3.63, 3.8) is 0 Å². The van der Waals surface area contributed by atoms with Crippen molar-refractivity contribution in [2.45, 2.75) is 0 Å². The SMILES string of the molecule is CN1CC=C(c2ccccn2)C1. The molecule has 0 radical (unpaired) electrons. The Hall–Kier alpha value is -1.15. The zero-order chi connectivity index (χ0) is 8.39. The molecule has 0 amide bonds. The van der Waals surface area contributed by atoms with Gasteiger partial charge in [-0.3, -0.25) is 9.88 Å². The lowest BCUT2D eigenvalue weighted by Gasteiger charge is -2.06. The van der Waals surface area contributed by atoms with Crippen LogP contribution in [0.3, 0.4) is 0 Å². The van der Waals surface area contributed by atoms with E-state index in [1.807, 2.05) is 18.3 Å². The summed E-state index contributed by atoms with van der Waals surface area (Å²) < 4.78 is 0. The molecule has 0 saturated carbocycles. The molecule has 1 aromatic rings. The summed E-state index contributed by atoms with van der Waals surface area (Å²) in [4.78, 5) is 6.57. The predicted octanol–water partition coefficient (Wildman–Crippen LogP) is 1.41. The van der Waals surface area contributed by atoms with E-state index in [2.05, 4.69) is 29.1 Å². The van der Waals surface area contributed by atoms with Crippen LogP contribution >= 0.6 is 0 Å². The van der Waals surface area contributed by atoms with Crippen LogP contribution in [0, 0.1) is 0 Å². The van der Waals surface area contributed by atoms with Crippen LogP contribution in [-0.2, 0) is 0 Å². The second-order valence-corrected chi connectivity index (χ2v) is 3.14. The molecule has 12 heavy (non-hydrogen) atoms. The number of hydrogen-bond donors (Lipinski definition) is 0. The zero-order valence-corrected chi connectivity index (χ0v) is 7.20. The molecule has 2 rings (SSSR count). The minimum absolute atomic E-state index is 1.02. The Kier molecular flexibility index (Phi) is 1.92. The predicted molar refractivity (Wildman–Crippen MR) is 49.7 cm³/mol. The highest BCUT2D eigenvalue weighted by Crippen LogP contribution is 2.16. The van der Waals surface area contributed by atoms with E-state index in [4.69, 9.17) is 0 Å². The van der Waals surface area contributed by atoms with Crippen LogP contribution in [0.2, 0.25) is 0 Å². The summed E-state index contributed by atoms with van der Waals surface area (Å²) in [5.41, 5.74) is 2.46. The maximum atomic E-state index is 4.30. The van der Waals surface area contributed by atoms with Gasteiger partial charge in [0.2, 0.25) is 0 Å². The van der Waals surface area contributed by atoms with Gasteiger partial charge in [-0.2, -0.15) is 0 Å². The van der Waals surface area contributed by atoms with Gasteiger partial charge in [-0.1, -0.05) is 12.1 Å². The molecule has 0 atom stereocenters. The van der Waals surface area contributed by atoms with Gasteiger partial charge >= 0.3 is 0 Å². The minimum Gasteiger partial charge on any atom is -0.298 e. The van der Waals surface area contributed by atoms with Crippen LogP contribution in [0.5, 0.6) is 0 Å². The normalized spacial score (nSPS) is 17.9. The highest BCUT2D eigenvalue weighted by atomic mass is 15.1. The van der Waals surface area contributed by atoms with Gasteiger partial charge < -0.3 is 0 Å². The van der Waals surface area contributed by atoms with E-state index in [0.29, 0.717) is 0 Å². The summed E-state index contributed by atoms with van der Waals surface area (Å²) >= 11 is 0. The summed E-state index contributed by atoms with van der Waals surface area (Å²) in [6.07, 6.45) is 4.08. The molecular weight excluding hydrogens is 148 g/mol. The Balaban J connectivity index is 2.22. The van der Waals surface area contributed by atoms with Crippen LogP contribution in [0.15, 0.2) is 30.5 Å². The quantitative estimate of drug-likeness (QED) is 0.617. The summed E-state index contributed by atoms with van der Waals surface area (Å²) in [5, 5.41) is 0. The second kappa shape index (κ2) is 3.07. The number of nitrogens with zero attached hydrogens (tertiary/aromatic N) is 2. The highest BCUT2D eigenvalue weighted by Gasteiger charge is 2.11. The maximum Gasteiger partial charge on any atom is 0.0671 e. The van der Waals surface area contributed by atoms with Crippen molar-refractivity contribution in [2.24, 2.45) is 0 Å². The maximum absolute atomic E-state index is 4.30. The largest absolute Gasteiger partial charge is 0.298 e. The third-order valence-corrected chi connectivity index (χ3v) is 2.08. The van der Waals surface area contributed by atoms with Gasteiger partial charge in [0.1, 0.15) is 0 Å². The van der Waals surface area contributed by atoms with Crippen molar-refractivity contribution in [3.05, 3.63) is 36.2 Å². The molecule has 0 saturated heterocycles. The average molecular weight is 160 g/mol. The lowest BCUT2D eigenvalue weighted by Crippen LogP contribution is -2.13. The van der Waals surface area contributed by atoms with Crippen LogP contribution in [0.1, 0.15) is 5.69 Å². The molecule has 0 aliphatic carbocycles. The first-order valence-electron chi connectivity index (χ1n) is 4.15. The first kappa shape index (κ1) is 7.50. The van der Waals surface area contributed by atoms with Crippen LogP contribution < -0.4 is 0 Å². The number of likely N-dealkylation sites (N-methyl/N-ethyl adjacent to an activating group) is 1. The number of aromatic nitrogens is 1. The lowest BCUT2D eigenvalue weighted by atomic mass is 10.2. The van der Waals surface area contributed by atoms with E-state index in [9.17, 15) is 0 Å². The molecule has 2 nitrogen and oxygen atoms in total. The number of hydrogen-bond acceptors (Lipinski definition) is 2. The standard InChI is InChI=1S/C10H12N2/c1-12-7-5-9(8-12)10-4-2-3-6-11-10/h2-6H,7-8H2,1H3. The van der Waals surface area contributed by atoms with Crippen molar-refractivity contribution in [2.75, 3.05) is 20.1 Å². The Bertz CT molecular complexity index is 290. The van der Waals surface area contributed by atoms with Gasteiger partial charge in [0.25, 0.3) is 0 Å². The van der Waals surface area contributed by atoms with E-state index >= 15 is 0 Å². The van der Waals surface area contributed by atoms with E-state index in [1.54, 1.807) is 0 Å². The Morgan fingerprint density at radius 1 is 1.42 bits per heavy atom. The smallest absolute Gasteiger partial charge is 0.0671 e. The van der Waals surface area contributed by atoms with Crippen LogP contribution in [0.25, 0.3) is 5.57 Å². The molecule has 0 spiro atoms. The first-order valence-corrected chi connectivity index (χ1v) is 4.15. The Labute approximate surface area is 72.5 Å². The molecule has 0 bridgehead atoms. The third-order valence-electron chi connectivity index (χ3n) is 2.08. The highest BCUT2D eigenvalue weighted by molar-refractivity contribution is 5.65. The number of pyridine rings is 1. The van der Waals surface area contributed by atoms with E-state index in [0.717, 1.165) is 18.8 Å². The van der Waals surface area contributed by atoms with Crippen molar-refractivity contribution >= 4 is 5.57 Å². The molecule has 0 fully saturated rings. The van der Waals surface area contributed by atoms with E-state index < -0.39 is 0 Å². The van der Waals surface area contributed by atoms with Gasteiger partial charge in [-0.05, 0) is 24.8 Å². The fourth-order valence-electron chi connectivity index (χ4n) is 1.42. The topological polar surface area (TPSA) is 16.1 Å². The van der Waals surface area contributed by atoms with Crippen molar-refractivity contribution in [1.29, 1.82) is 0 Å². The van der Waals surface area contributed by atoms with Crippen LogP contribution in [0.4, 0.5) is 0 Å². The van der Waals surface area contributed by atoms with E-state index in [1.165, 1.54) is 5.57 Å². The van der Waals surface area contributed by atoms with Crippen molar-refractivity contribution < 1.29 is 0 Å². The second-order valence-electron chi connectivity index (χ2n) is 3.14. The average Bonchev–Trinajstić information content (AvgIpc) is 2.54. The first-order chi connectivity index (χ1) is 5.86. The summed E-state index contributed by atoms with van der Waals surface area (Å²) in [5.74, 6) is 0. The van der Waals surface area contributed by atoms with E-state index in [-0.39, 0.29) is 0 Å². The molecule has 1 aliphatic heterocycles. The van der Waals surface area contributed by atoms with Crippen molar-refractivity contribution in [1.82, 2.24) is 9.88 Å².